The van der Waals surface area contributed by atoms with Gasteiger partial charge in [0.15, 0.2) is 11.5 Å². The van der Waals surface area contributed by atoms with Crippen LogP contribution in [0.4, 0.5) is 0 Å². The maximum atomic E-state index is 12.7. The van der Waals surface area contributed by atoms with Crippen molar-refractivity contribution in [2.75, 3.05) is 6.79 Å². The molecule has 0 atom stereocenters. The Morgan fingerprint density at radius 1 is 1.09 bits per heavy atom. The van der Waals surface area contributed by atoms with Gasteiger partial charge in [-0.25, -0.2) is 0 Å². The number of amides is 1. The van der Waals surface area contributed by atoms with Crippen molar-refractivity contribution in [3.8, 4) is 23.3 Å². The number of nitrogens with one attached hydrogen (secondary N) is 1. The topological polar surface area (TPSA) is 80.6 Å². The van der Waals surface area contributed by atoms with Crippen LogP contribution in [0.5, 0.6) is 17.2 Å². The third-order valence-electron chi connectivity index (χ3n) is 4.87. The normalized spacial score (nSPS) is 12.2. The van der Waals surface area contributed by atoms with Crippen molar-refractivity contribution in [1.82, 2.24) is 5.32 Å². The molecule has 0 saturated carbocycles. The molecule has 33 heavy (non-hydrogen) atoms. The van der Waals surface area contributed by atoms with Gasteiger partial charge in [0, 0.05) is 27.7 Å². The van der Waals surface area contributed by atoms with Crippen LogP contribution in [0.3, 0.4) is 0 Å². The smallest absolute Gasteiger partial charge is 0.262 e. The van der Waals surface area contributed by atoms with Crippen LogP contribution in [-0.4, -0.2) is 12.7 Å². The first-order valence-corrected chi connectivity index (χ1v) is 10.7. The Kier molecular flexibility index (Phi) is 7.04. The number of fused-ring (bicyclic) bond motifs is 1. The molecule has 6 nitrogen and oxygen atoms in total. The first-order valence-electron chi connectivity index (χ1n) is 9.98. The van der Waals surface area contributed by atoms with Gasteiger partial charge in [0.05, 0.1) is 0 Å². The molecule has 1 aliphatic heterocycles. The maximum Gasteiger partial charge on any atom is 0.262 e. The second-order valence-electron chi connectivity index (χ2n) is 7.10. The molecule has 8 heteroatoms. The Labute approximate surface area is 200 Å². The van der Waals surface area contributed by atoms with Crippen molar-refractivity contribution in [3.05, 3.63) is 93.0 Å². The van der Waals surface area contributed by atoms with Crippen molar-refractivity contribution in [2.45, 2.75) is 13.2 Å². The summed E-state index contributed by atoms with van der Waals surface area (Å²) in [5.74, 6) is 1.23. The number of benzene rings is 3. The summed E-state index contributed by atoms with van der Waals surface area (Å²) in [4.78, 5) is 12.7. The highest BCUT2D eigenvalue weighted by Gasteiger charge is 2.15. The summed E-state index contributed by atoms with van der Waals surface area (Å²) in [6.45, 7) is 0.618. The first kappa shape index (κ1) is 22.5. The summed E-state index contributed by atoms with van der Waals surface area (Å²) >= 11 is 12.3. The predicted octanol–water partition coefficient (Wildman–Crippen LogP) is 5.52. The van der Waals surface area contributed by atoms with E-state index >= 15 is 0 Å². The first-order chi connectivity index (χ1) is 16.0. The number of halogens is 2. The van der Waals surface area contributed by atoms with Crippen molar-refractivity contribution >= 4 is 35.2 Å². The zero-order chi connectivity index (χ0) is 23.2. The fourth-order valence-electron chi connectivity index (χ4n) is 3.17. The average molecular weight is 481 g/mol. The highest BCUT2D eigenvalue weighted by Crippen LogP contribution is 2.32. The minimum absolute atomic E-state index is 0.0828. The van der Waals surface area contributed by atoms with Gasteiger partial charge in [-0.3, -0.25) is 4.79 Å². The number of hydrogen-bond donors (Lipinski definition) is 1. The number of ether oxygens (including phenoxy) is 3. The molecule has 1 aliphatic rings. The standard InChI is InChI=1S/C25H18Cl2N2O4/c26-20-6-8-22(31-14-17-3-1-2-4-21(17)27)18(11-20)10-19(12-28)25(30)29-13-16-5-7-23-24(9-16)33-15-32-23/h1-11H,13-15H2,(H,29,30). The molecule has 1 N–H and O–H groups in total. The molecule has 3 aromatic carbocycles. The van der Waals surface area contributed by atoms with E-state index in [2.05, 4.69) is 5.32 Å². The van der Waals surface area contributed by atoms with Crippen LogP contribution >= 0.6 is 23.2 Å². The molecule has 0 unspecified atom stereocenters. The maximum absolute atomic E-state index is 12.7. The number of carbonyl (C=O) groups is 1. The molecule has 0 aromatic heterocycles. The van der Waals surface area contributed by atoms with E-state index < -0.39 is 5.91 Å². The number of nitrogens with zero attached hydrogens (tertiary/aromatic N) is 1. The van der Waals surface area contributed by atoms with Gasteiger partial charge >= 0.3 is 0 Å². The highest BCUT2D eigenvalue weighted by atomic mass is 35.5. The number of nitriles is 1. The van der Waals surface area contributed by atoms with Crippen LogP contribution in [0.1, 0.15) is 16.7 Å². The van der Waals surface area contributed by atoms with E-state index in [9.17, 15) is 10.1 Å². The molecule has 4 rings (SSSR count). The molecular weight excluding hydrogens is 463 g/mol. The monoisotopic (exact) mass is 480 g/mol. The largest absolute Gasteiger partial charge is 0.488 e. The quantitative estimate of drug-likeness (QED) is 0.355. The van der Waals surface area contributed by atoms with E-state index in [0.717, 1.165) is 11.1 Å². The lowest BCUT2D eigenvalue weighted by atomic mass is 10.1. The summed E-state index contributed by atoms with van der Waals surface area (Å²) in [6.07, 6.45) is 1.45. The zero-order valence-corrected chi connectivity index (χ0v) is 18.8. The van der Waals surface area contributed by atoms with Crippen LogP contribution in [0, 0.1) is 11.3 Å². The zero-order valence-electron chi connectivity index (χ0n) is 17.3. The molecule has 1 amide bonds. The lowest BCUT2D eigenvalue weighted by molar-refractivity contribution is -0.117. The Hall–Kier alpha value is -3.66. The lowest BCUT2D eigenvalue weighted by Gasteiger charge is -2.11. The average Bonchev–Trinajstić information content (AvgIpc) is 3.29. The summed E-state index contributed by atoms with van der Waals surface area (Å²) in [5.41, 5.74) is 2.05. The molecular formula is C25H18Cl2N2O4. The van der Waals surface area contributed by atoms with Crippen LogP contribution in [0.25, 0.3) is 6.08 Å². The van der Waals surface area contributed by atoms with Gasteiger partial charge in [0.25, 0.3) is 5.91 Å². The Morgan fingerprint density at radius 3 is 2.73 bits per heavy atom. The Balaban J connectivity index is 1.48. The van der Waals surface area contributed by atoms with Crippen molar-refractivity contribution < 1.29 is 19.0 Å². The van der Waals surface area contributed by atoms with Gasteiger partial charge in [0.1, 0.15) is 24.0 Å². The minimum atomic E-state index is -0.521. The van der Waals surface area contributed by atoms with Crippen molar-refractivity contribution in [1.29, 1.82) is 5.26 Å². The third kappa shape index (κ3) is 5.58. The van der Waals surface area contributed by atoms with Gasteiger partial charge in [0.2, 0.25) is 6.79 Å². The van der Waals surface area contributed by atoms with Crippen molar-refractivity contribution in [3.63, 3.8) is 0 Å². The molecule has 0 fully saturated rings. The van der Waals surface area contributed by atoms with E-state index in [1.165, 1.54) is 6.08 Å². The third-order valence-corrected chi connectivity index (χ3v) is 5.47. The number of hydrogen-bond acceptors (Lipinski definition) is 5. The minimum Gasteiger partial charge on any atom is -0.488 e. The van der Waals surface area contributed by atoms with Crippen LogP contribution in [0.15, 0.2) is 66.2 Å². The molecule has 0 bridgehead atoms. The fraction of sp³-hybridized carbons (Fsp3) is 0.120. The Bertz CT molecular complexity index is 1270. The van der Waals surface area contributed by atoms with E-state index in [0.29, 0.717) is 32.9 Å². The van der Waals surface area contributed by atoms with Crippen molar-refractivity contribution in [2.24, 2.45) is 0 Å². The SMILES string of the molecule is N#CC(=Cc1cc(Cl)ccc1OCc1ccccc1Cl)C(=O)NCc1ccc2c(c1)OCO2. The molecule has 0 spiro atoms. The van der Waals surface area contributed by atoms with E-state index in [4.69, 9.17) is 37.4 Å². The van der Waals surface area contributed by atoms with Crippen LogP contribution in [-0.2, 0) is 17.9 Å². The molecule has 3 aromatic rings. The van der Waals surface area contributed by atoms with Gasteiger partial charge in [-0.05, 0) is 48.0 Å². The summed E-state index contributed by atoms with van der Waals surface area (Å²) < 4.78 is 16.5. The Morgan fingerprint density at radius 2 is 1.91 bits per heavy atom. The molecule has 166 valence electrons. The summed E-state index contributed by atoms with van der Waals surface area (Å²) in [5, 5.41) is 13.4. The number of rotatable bonds is 7. The molecule has 0 aliphatic carbocycles. The van der Waals surface area contributed by atoms with E-state index in [1.54, 1.807) is 36.4 Å². The predicted molar refractivity (Wildman–Crippen MR) is 125 cm³/mol. The van der Waals surface area contributed by atoms with Gasteiger partial charge in [-0.1, -0.05) is 47.5 Å². The fourth-order valence-corrected chi connectivity index (χ4v) is 3.54. The highest BCUT2D eigenvalue weighted by molar-refractivity contribution is 6.31. The van der Waals surface area contributed by atoms with E-state index in [-0.39, 0.29) is 25.5 Å². The summed E-state index contributed by atoms with van der Waals surface area (Å²) in [6, 6.07) is 19.7. The molecule has 0 saturated heterocycles. The van der Waals surface area contributed by atoms with Crippen LogP contribution in [0.2, 0.25) is 10.0 Å². The number of carbonyl (C=O) groups excluding carboxylic acids is 1. The van der Waals surface area contributed by atoms with Gasteiger partial charge in [-0.2, -0.15) is 5.26 Å². The molecule has 1 heterocycles. The lowest BCUT2D eigenvalue weighted by Crippen LogP contribution is -2.23. The second-order valence-corrected chi connectivity index (χ2v) is 7.95. The van der Waals surface area contributed by atoms with Gasteiger partial charge in [-0.15, -0.1) is 0 Å². The second kappa shape index (κ2) is 10.3. The van der Waals surface area contributed by atoms with Crippen LogP contribution < -0.4 is 19.5 Å². The van der Waals surface area contributed by atoms with Gasteiger partial charge < -0.3 is 19.5 Å². The summed E-state index contributed by atoms with van der Waals surface area (Å²) in [7, 11) is 0. The molecule has 0 radical (unpaired) electrons. The van der Waals surface area contributed by atoms with E-state index in [1.807, 2.05) is 30.3 Å².